The molecule has 1 fully saturated rings. The van der Waals surface area contributed by atoms with Crippen molar-refractivity contribution in [3.05, 3.63) is 53.1 Å². The molecule has 0 radical (unpaired) electrons. The fraction of sp³-hybridized carbons (Fsp3) is 0.600. The Labute approximate surface area is 163 Å². The highest BCUT2D eigenvalue weighted by atomic mass is 19.2. The first-order valence-corrected chi connectivity index (χ1v) is 11.0. The van der Waals surface area contributed by atoms with Gasteiger partial charge in [0.1, 0.15) is 0 Å². The first kappa shape index (κ1) is 20.3. The molecule has 27 heavy (non-hydrogen) atoms. The minimum Gasteiger partial charge on any atom is -0.203 e. The Hall–Kier alpha value is -1.44. The number of halogens is 2. The Balaban J connectivity index is 1.57. The average molecular weight is 373 g/mol. The Kier molecular flexibility index (Phi) is 7.26. The van der Waals surface area contributed by atoms with E-state index in [0.717, 1.165) is 42.6 Å². The van der Waals surface area contributed by atoms with Crippen LogP contribution in [0.15, 0.2) is 30.4 Å². The molecule has 1 aromatic rings. The quantitative estimate of drug-likeness (QED) is 0.446. The summed E-state index contributed by atoms with van der Waals surface area (Å²) in [6.07, 6.45) is 18.2. The first-order valence-electron chi connectivity index (χ1n) is 11.0. The van der Waals surface area contributed by atoms with Crippen LogP contribution in [0.2, 0.25) is 0 Å². The van der Waals surface area contributed by atoms with Gasteiger partial charge < -0.3 is 0 Å². The van der Waals surface area contributed by atoms with Gasteiger partial charge in [-0.05, 0) is 86.7 Å². The predicted molar refractivity (Wildman–Crippen MR) is 111 cm³/mol. The lowest BCUT2D eigenvalue weighted by molar-refractivity contribution is 0.212. The topological polar surface area (TPSA) is 0 Å². The van der Waals surface area contributed by atoms with Gasteiger partial charge in [-0.2, -0.15) is 0 Å². The highest BCUT2D eigenvalue weighted by Crippen LogP contribution is 2.42. The highest BCUT2D eigenvalue weighted by molar-refractivity contribution is 5.67. The van der Waals surface area contributed by atoms with Crippen molar-refractivity contribution in [3.8, 4) is 0 Å². The normalized spacial score (nSPS) is 26.4. The van der Waals surface area contributed by atoms with Crippen LogP contribution in [-0.2, 0) is 6.42 Å². The SMILES string of the molecule is CCC/C=C/C1CCC(C2CC=C(c3ccc(CC)c(F)c3F)CC2)CC1. The lowest BCUT2D eigenvalue weighted by Crippen LogP contribution is -2.22. The molecule has 2 aliphatic rings. The van der Waals surface area contributed by atoms with Gasteiger partial charge in [0.25, 0.3) is 0 Å². The Morgan fingerprint density at radius 3 is 2.37 bits per heavy atom. The molecule has 3 rings (SSSR count). The Bertz CT molecular complexity index is 678. The Morgan fingerprint density at radius 2 is 1.74 bits per heavy atom. The molecule has 0 N–H and O–H groups in total. The molecule has 0 bridgehead atoms. The zero-order valence-electron chi connectivity index (χ0n) is 16.9. The van der Waals surface area contributed by atoms with E-state index in [-0.39, 0.29) is 0 Å². The third-order valence-electron chi connectivity index (χ3n) is 6.69. The van der Waals surface area contributed by atoms with Gasteiger partial charge in [-0.25, -0.2) is 8.78 Å². The van der Waals surface area contributed by atoms with E-state index in [2.05, 4.69) is 25.2 Å². The first-order chi connectivity index (χ1) is 13.1. The van der Waals surface area contributed by atoms with Crippen LogP contribution in [0.3, 0.4) is 0 Å². The smallest absolute Gasteiger partial charge is 0.166 e. The van der Waals surface area contributed by atoms with E-state index < -0.39 is 11.6 Å². The van der Waals surface area contributed by atoms with Crippen LogP contribution in [0.1, 0.15) is 82.8 Å². The number of unbranched alkanes of at least 4 members (excludes halogenated alkanes) is 1. The van der Waals surface area contributed by atoms with Gasteiger partial charge in [0.15, 0.2) is 11.6 Å². The van der Waals surface area contributed by atoms with Crippen molar-refractivity contribution in [2.75, 3.05) is 0 Å². The van der Waals surface area contributed by atoms with E-state index in [1.165, 1.54) is 38.5 Å². The summed E-state index contributed by atoms with van der Waals surface area (Å²) in [5, 5.41) is 0. The van der Waals surface area contributed by atoms with Gasteiger partial charge in [0.05, 0.1) is 0 Å². The summed E-state index contributed by atoms with van der Waals surface area (Å²) in [5.74, 6) is 0.988. The second-order valence-electron chi connectivity index (χ2n) is 8.41. The average Bonchev–Trinajstić information content (AvgIpc) is 2.71. The molecule has 1 atom stereocenters. The van der Waals surface area contributed by atoms with E-state index in [1.54, 1.807) is 12.1 Å². The molecule has 0 heterocycles. The standard InChI is InChI=1S/C25H34F2/c1-3-5-6-7-18-8-10-20(11-9-18)21-12-14-22(15-13-21)23-17-16-19(4-2)24(26)25(23)27/h6-7,14,16-18,20-21H,3-5,8-13,15H2,1-2H3/b7-6+. The number of benzene rings is 1. The third-order valence-corrected chi connectivity index (χ3v) is 6.69. The lowest BCUT2D eigenvalue weighted by Gasteiger charge is -2.35. The van der Waals surface area contributed by atoms with E-state index in [9.17, 15) is 8.78 Å². The summed E-state index contributed by atoms with van der Waals surface area (Å²) in [7, 11) is 0. The minimum absolute atomic E-state index is 0.468. The van der Waals surface area contributed by atoms with Crippen LogP contribution >= 0.6 is 0 Å². The van der Waals surface area contributed by atoms with E-state index in [4.69, 9.17) is 0 Å². The highest BCUT2D eigenvalue weighted by Gasteiger charge is 2.28. The van der Waals surface area contributed by atoms with Crippen LogP contribution < -0.4 is 0 Å². The molecule has 0 saturated heterocycles. The number of hydrogen-bond acceptors (Lipinski definition) is 0. The second kappa shape index (κ2) is 9.66. The molecular weight excluding hydrogens is 338 g/mol. The van der Waals surface area contributed by atoms with Crippen LogP contribution in [0, 0.1) is 29.4 Å². The fourth-order valence-corrected chi connectivity index (χ4v) is 4.90. The maximum absolute atomic E-state index is 14.4. The number of allylic oxidation sites excluding steroid dienone is 4. The van der Waals surface area contributed by atoms with Crippen LogP contribution in [0.4, 0.5) is 8.78 Å². The van der Waals surface area contributed by atoms with Crippen molar-refractivity contribution in [1.29, 1.82) is 0 Å². The molecule has 148 valence electrons. The predicted octanol–water partition coefficient (Wildman–Crippen LogP) is 7.87. The number of hydrogen-bond donors (Lipinski definition) is 0. The van der Waals surface area contributed by atoms with Gasteiger partial charge in [0.2, 0.25) is 0 Å². The molecule has 0 amide bonds. The second-order valence-corrected chi connectivity index (χ2v) is 8.41. The van der Waals surface area contributed by atoms with Crippen molar-refractivity contribution in [2.24, 2.45) is 17.8 Å². The molecule has 2 aliphatic carbocycles. The molecular formula is C25H34F2. The molecule has 2 heteroatoms. The molecule has 0 nitrogen and oxygen atoms in total. The van der Waals surface area contributed by atoms with Crippen molar-refractivity contribution in [3.63, 3.8) is 0 Å². The Morgan fingerprint density at radius 1 is 0.963 bits per heavy atom. The fourth-order valence-electron chi connectivity index (χ4n) is 4.90. The zero-order chi connectivity index (χ0) is 19.2. The monoisotopic (exact) mass is 372 g/mol. The third kappa shape index (κ3) is 4.89. The van der Waals surface area contributed by atoms with Crippen molar-refractivity contribution in [2.45, 2.75) is 78.1 Å². The van der Waals surface area contributed by atoms with Gasteiger partial charge in [0, 0.05) is 5.56 Å². The lowest BCUT2D eigenvalue weighted by atomic mass is 9.71. The van der Waals surface area contributed by atoms with E-state index in [0.29, 0.717) is 17.5 Å². The summed E-state index contributed by atoms with van der Waals surface area (Å²) >= 11 is 0. The minimum atomic E-state index is -0.660. The van der Waals surface area contributed by atoms with Crippen LogP contribution in [-0.4, -0.2) is 0 Å². The van der Waals surface area contributed by atoms with Crippen molar-refractivity contribution in [1.82, 2.24) is 0 Å². The molecule has 0 spiro atoms. The van der Waals surface area contributed by atoms with E-state index >= 15 is 0 Å². The van der Waals surface area contributed by atoms with Gasteiger partial charge >= 0.3 is 0 Å². The summed E-state index contributed by atoms with van der Waals surface area (Å²) in [5.41, 5.74) is 1.95. The maximum atomic E-state index is 14.4. The molecule has 1 saturated carbocycles. The summed E-state index contributed by atoms with van der Waals surface area (Å²) in [6.45, 7) is 4.08. The zero-order valence-corrected chi connectivity index (χ0v) is 16.9. The number of aryl methyl sites for hydroxylation is 1. The van der Waals surface area contributed by atoms with Crippen molar-refractivity contribution >= 4 is 5.57 Å². The van der Waals surface area contributed by atoms with Crippen molar-refractivity contribution < 1.29 is 8.78 Å². The number of rotatable bonds is 6. The van der Waals surface area contributed by atoms with Crippen LogP contribution in [0.5, 0.6) is 0 Å². The maximum Gasteiger partial charge on any atom is 0.166 e. The largest absolute Gasteiger partial charge is 0.203 e. The summed E-state index contributed by atoms with van der Waals surface area (Å²) in [6, 6.07) is 3.52. The van der Waals surface area contributed by atoms with E-state index in [1.807, 2.05) is 6.92 Å². The van der Waals surface area contributed by atoms with Gasteiger partial charge in [-0.1, -0.05) is 50.6 Å². The summed E-state index contributed by atoms with van der Waals surface area (Å²) in [4.78, 5) is 0. The van der Waals surface area contributed by atoms with Gasteiger partial charge in [-0.15, -0.1) is 0 Å². The summed E-state index contributed by atoms with van der Waals surface area (Å²) < 4.78 is 28.6. The molecule has 0 aromatic heterocycles. The van der Waals surface area contributed by atoms with Gasteiger partial charge in [-0.3, -0.25) is 0 Å². The molecule has 1 unspecified atom stereocenters. The van der Waals surface area contributed by atoms with Crippen LogP contribution in [0.25, 0.3) is 5.57 Å². The molecule has 0 aliphatic heterocycles. The molecule has 1 aromatic carbocycles.